The third-order valence-corrected chi connectivity index (χ3v) is 3.71. The van der Waals surface area contributed by atoms with Gasteiger partial charge in [-0.15, -0.1) is 0 Å². The summed E-state index contributed by atoms with van der Waals surface area (Å²) in [5, 5.41) is 17.2. The van der Waals surface area contributed by atoms with Crippen molar-refractivity contribution < 1.29 is 9.90 Å². The molecular formula is C19H24N4O2. The molecule has 0 aliphatic heterocycles. The molecule has 0 spiro atoms. The summed E-state index contributed by atoms with van der Waals surface area (Å²) in [7, 11) is 1.70. The molecule has 3 N–H and O–H groups in total. The van der Waals surface area contributed by atoms with Crippen molar-refractivity contribution in [3.05, 3.63) is 42.5 Å². The highest BCUT2D eigenvalue weighted by molar-refractivity contribution is 6.51. The van der Waals surface area contributed by atoms with Gasteiger partial charge in [0.1, 0.15) is 11.5 Å². The fraction of sp³-hybridized carbons (Fsp3) is 0.316. The average Bonchev–Trinajstić information content (AvgIpc) is 2.61. The summed E-state index contributed by atoms with van der Waals surface area (Å²) in [6.07, 6.45) is 10.9. The van der Waals surface area contributed by atoms with Gasteiger partial charge in [-0.2, -0.15) is 5.10 Å². The SMILES string of the molecule is CCCCCC(=O)Nc1ccc(N/N=C2/C=CC=C/C2=N/C)c(O)c1. The van der Waals surface area contributed by atoms with E-state index in [2.05, 4.69) is 27.8 Å². The lowest BCUT2D eigenvalue weighted by Crippen LogP contribution is -2.13. The molecule has 0 saturated carbocycles. The number of benzene rings is 1. The quantitative estimate of drug-likeness (QED) is 0.305. The maximum atomic E-state index is 11.8. The number of hydrazone groups is 1. The molecule has 0 radical (unpaired) electrons. The van der Waals surface area contributed by atoms with Crippen LogP contribution in [0.1, 0.15) is 32.6 Å². The first kappa shape index (κ1) is 18.4. The number of aliphatic imine (C=N–C) groups is 1. The van der Waals surface area contributed by atoms with Crippen molar-refractivity contribution in [3.63, 3.8) is 0 Å². The van der Waals surface area contributed by atoms with Gasteiger partial charge in [-0.1, -0.05) is 31.9 Å². The van der Waals surface area contributed by atoms with Crippen LogP contribution in [0.15, 0.2) is 52.6 Å². The van der Waals surface area contributed by atoms with Crippen LogP contribution >= 0.6 is 0 Å². The molecule has 0 saturated heterocycles. The van der Waals surface area contributed by atoms with Gasteiger partial charge in [-0.3, -0.25) is 15.2 Å². The predicted octanol–water partition coefficient (Wildman–Crippen LogP) is 3.88. The van der Waals surface area contributed by atoms with E-state index < -0.39 is 0 Å². The van der Waals surface area contributed by atoms with Crippen molar-refractivity contribution in [2.45, 2.75) is 32.6 Å². The minimum absolute atomic E-state index is 0.0148. The van der Waals surface area contributed by atoms with E-state index in [1.807, 2.05) is 24.3 Å². The van der Waals surface area contributed by atoms with Gasteiger partial charge in [0.15, 0.2) is 0 Å². The van der Waals surface area contributed by atoms with E-state index in [0.29, 0.717) is 23.5 Å². The molecule has 1 aromatic rings. The number of anilines is 2. The number of phenols is 1. The fourth-order valence-corrected chi connectivity index (χ4v) is 2.33. The Labute approximate surface area is 148 Å². The molecule has 1 aromatic carbocycles. The molecule has 132 valence electrons. The Morgan fingerprint density at radius 1 is 1.16 bits per heavy atom. The van der Waals surface area contributed by atoms with Crippen LogP contribution in [0.4, 0.5) is 11.4 Å². The zero-order valence-electron chi connectivity index (χ0n) is 14.6. The number of nitrogens with zero attached hydrogens (tertiary/aromatic N) is 2. The summed E-state index contributed by atoms with van der Waals surface area (Å²) in [6.45, 7) is 2.10. The van der Waals surface area contributed by atoms with Crippen LogP contribution in [0.25, 0.3) is 0 Å². The second kappa shape index (κ2) is 9.42. The van der Waals surface area contributed by atoms with Gasteiger partial charge < -0.3 is 10.4 Å². The minimum atomic E-state index is -0.0447. The maximum absolute atomic E-state index is 11.8. The number of nitrogens with one attached hydrogen (secondary N) is 2. The highest BCUT2D eigenvalue weighted by Gasteiger charge is 2.08. The number of carbonyl (C=O) groups is 1. The number of phenolic OH excluding ortho intramolecular Hbond substituents is 1. The zero-order valence-corrected chi connectivity index (χ0v) is 14.6. The Morgan fingerprint density at radius 2 is 1.92 bits per heavy atom. The second-order valence-corrected chi connectivity index (χ2v) is 5.67. The molecule has 1 aliphatic carbocycles. The third kappa shape index (κ3) is 5.60. The predicted molar refractivity (Wildman–Crippen MR) is 104 cm³/mol. The zero-order chi connectivity index (χ0) is 18.1. The number of allylic oxidation sites excluding steroid dienone is 4. The van der Waals surface area contributed by atoms with Gasteiger partial charge >= 0.3 is 0 Å². The summed E-state index contributed by atoms with van der Waals surface area (Å²) in [5.74, 6) is -0.0299. The van der Waals surface area contributed by atoms with Crippen molar-refractivity contribution in [3.8, 4) is 5.75 Å². The molecule has 1 amide bonds. The lowest BCUT2D eigenvalue weighted by atomic mass is 10.1. The Hall–Kier alpha value is -2.89. The summed E-state index contributed by atoms with van der Waals surface area (Å²) in [4.78, 5) is 16.0. The number of hydrogen-bond acceptors (Lipinski definition) is 5. The normalized spacial score (nSPS) is 16.4. The first-order valence-electron chi connectivity index (χ1n) is 8.42. The number of aromatic hydroxyl groups is 1. The van der Waals surface area contributed by atoms with Crippen molar-refractivity contribution in [2.24, 2.45) is 10.1 Å². The van der Waals surface area contributed by atoms with Gasteiger partial charge in [0.25, 0.3) is 0 Å². The first-order valence-corrected chi connectivity index (χ1v) is 8.42. The minimum Gasteiger partial charge on any atom is -0.506 e. The molecular weight excluding hydrogens is 316 g/mol. The highest BCUT2D eigenvalue weighted by atomic mass is 16.3. The van der Waals surface area contributed by atoms with Crippen LogP contribution in [0, 0.1) is 0 Å². The monoisotopic (exact) mass is 340 g/mol. The van der Waals surface area contributed by atoms with E-state index in [-0.39, 0.29) is 11.7 Å². The lowest BCUT2D eigenvalue weighted by molar-refractivity contribution is -0.116. The van der Waals surface area contributed by atoms with Crippen molar-refractivity contribution in [1.29, 1.82) is 0 Å². The fourth-order valence-electron chi connectivity index (χ4n) is 2.33. The van der Waals surface area contributed by atoms with Gasteiger partial charge in [-0.05, 0) is 30.7 Å². The third-order valence-electron chi connectivity index (χ3n) is 3.71. The molecule has 2 rings (SSSR count). The topological polar surface area (TPSA) is 86.1 Å². The Balaban J connectivity index is 1.99. The molecule has 0 fully saturated rings. The first-order chi connectivity index (χ1) is 12.1. The van der Waals surface area contributed by atoms with Gasteiger partial charge in [0, 0.05) is 25.2 Å². The van der Waals surface area contributed by atoms with E-state index in [4.69, 9.17) is 0 Å². The Bertz CT molecular complexity index is 733. The summed E-state index contributed by atoms with van der Waals surface area (Å²) < 4.78 is 0. The van der Waals surface area contributed by atoms with Crippen molar-refractivity contribution >= 4 is 28.7 Å². The van der Waals surface area contributed by atoms with Crippen LogP contribution in [0.2, 0.25) is 0 Å². The van der Waals surface area contributed by atoms with Gasteiger partial charge in [0.05, 0.1) is 11.4 Å². The van der Waals surface area contributed by atoms with E-state index in [1.165, 1.54) is 6.07 Å². The molecule has 6 heteroatoms. The number of rotatable bonds is 7. The summed E-state index contributed by atoms with van der Waals surface area (Å²) >= 11 is 0. The van der Waals surface area contributed by atoms with Crippen LogP contribution in [-0.4, -0.2) is 29.5 Å². The molecule has 0 bridgehead atoms. The van der Waals surface area contributed by atoms with Crippen LogP contribution in [0.5, 0.6) is 5.75 Å². The summed E-state index contributed by atoms with van der Waals surface area (Å²) in [5.41, 5.74) is 5.28. The second-order valence-electron chi connectivity index (χ2n) is 5.67. The molecule has 1 aliphatic rings. The van der Waals surface area contributed by atoms with E-state index in [1.54, 1.807) is 19.2 Å². The van der Waals surface area contributed by atoms with Gasteiger partial charge in [0.2, 0.25) is 5.91 Å². The Morgan fingerprint density at radius 3 is 2.60 bits per heavy atom. The molecule has 25 heavy (non-hydrogen) atoms. The van der Waals surface area contributed by atoms with Crippen LogP contribution in [-0.2, 0) is 4.79 Å². The summed E-state index contributed by atoms with van der Waals surface area (Å²) in [6, 6.07) is 4.91. The number of amides is 1. The number of carbonyl (C=O) groups excluding carboxylic acids is 1. The van der Waals surface area contributed by atoms with Gasteiger partial charge in [-0.25, -0.2) is 0 Å². The van der Waals surface area contributed by atoms with Crippen LogP contribution in [0.3, 0.4) is 0 Å². The van der Waals surface area contributed by atoms with Crippen LogP contribution < -0.4 is 10.7 Å². The molecule has 0 aromatic heterocycles. The number of unbranched alkanes of at least 4 members (excludes halogenated alkanes) is 2. The standard InChI is InChI=1S/C19H24N4O2/c1-3-4-5-10-19(25)21-14-11-12-17(18(24)13-14)23-22-16-9-7-6-8-15(16)20-2/h6-9,11-13,23-24H,3-5,10H2,1-2H3,(H,21,25)/b20-15-,22-16-. The molecule has 0 heterocycles. The lowest BCUT2D eigenvalue weighted by Gasteiger charge is -2.10. The number of hydrogen-bond donors (Lipinski definition) is 3. The highest BCUT2D eigenvalue weighted by Crippen LogP contribution is 2.27. The van der Waals surface area contributed by atoms with Crippen molar-refractivity contribution in [2.75, 3.05) is 17.8 Å². The Kier molecular flexibility index (Phi) is 6.95. The molecule has 0 atom stereocenters. The average molecular weight is 340 g/mol. The van der Waals surface area contributed by atoms with E-state index in [9.17, 15) is 9.90 Å². The maximum Gasteiger partial charge on any atom is 0.224 e. The molecule has 0 unspecified atom stereocenters. The largest absolute Gasteiger partial charge is 0.506 e. The van der Waals surface area contributed by atoms with E-state index in [0.717, 1.165) is 25.0 Å². The van der Waals surface area contributed by atoms with E-state index >= 15 is 0 Å². The molecule has 6 nitrogen and oxygen atoms in total. The van der Waals surface area contributed by atoms with Crippen molar-refractivity contribution in [1.82, 2.24) is 0 Å². The smallest absolute Gasteiger partial charge is 0.224 e.